The fraction of sp³-hybridized carbons (Fsp3) is 0.923. The molecule has 2 heterocycles. The van der Waals surface area contributed by atoms with E-state index in [2.05, 4.69) is 30.7 Å². The largest absolute Gasteiger partial charge is 0.322 e. The number of carbonyl (C=O) groups excluding carboxylic acids is 1. The van der Waals surface area contributed by atoms with Crippen LogP contribution in [-0.2, 0) is 0 Å². The maximum absolute atomic E-state index is 12.4. The Labute approximate surface area is 105 Å². The van der Waals surface area contributed by atoms with Crippen LogP contribution in [0.1, 0.15) is 33.1 Å². The van der Waals surface area contributed by atoms with Crippen molar-refractivity contribution >= 4 is 6.03 Å². The lowest BCUT2D eigenvalue weighted by Crippen LogP contribution is -2.57. The van der Waals surface area contributed by atoms with Crippen LogP contribution < -0.4 is 0 Å². The number of nitrogens with zero attached hydrogens (tertiary/aromatic N) is 3. The van der Waals surface area contributed by atoms with Crippen molar-refractivity contribution in [1.82, 2.24) is 14.7 Å². The molecule has 2 saturated heterocycles. The first-order valence-electron chi connectivity index (χ1n) is 6.85. The number of rotatable bonds is 2. The molecule has 4 heteroatoms. The van der Waals surface area contributed by atoms with Crippen LogP contribution in [0.3, 0.4) is 0 Å². The van der Waals surface area contributed by atoms with Gasteiger partial charge in [0.2, 0.25) is 0 Å². The minimum absolute atomic E-state index is 0.265. The van der Waals surface area contributed by atoms with Gasteiger partial charge in [-0.1, -0.05) is 0 Å². The second kappa shape index (κ2) is 5.25. The monoisotopic (exact) mass is 239 g/mol. The van der Waals surface area contributed by atoms with Crippen LogP contribution >= 0.6 is 0 Å². The van der Waals surface area contributed by atoms with Crippen LogP contribution in [-0.4, -0.2) is 66.0 Å². The Bertz CT molecular complexity index is 272. The summed E-state index contributed by atoms with van der Waals surface area (Å²) in [6.45, 7) is 8.34. The predicted octanol–water partition coefficient (Wildman–Crippen LogP) is 1.62. The van der Waals surface area contributed by atoms with Gasteiger partial charge in [0.1, 0.15) is 0 Å². The van der Waals surface area contributed by atoms with Gasteiger partial charge in [-0.15, -0.1) is 0 Å². The van der Waals surface area contributed by atoms with Gasteiger partial charge >= 0.3 is 6.03 Å². The summed E-state index contributed by atoms with van der Waals surface area (Å²) in [5, 5.41) is 0. The van der Waals surface area contributed by atoms with Gasteiger partial charge < -0.3 is 14.7 Å². The van der Waals surface area contributed by atoms with E-state index in [4.69, 9.17) is 0 Å². The highest BCUT2D eigenvalue weighted by molar-refractivity contribution is 5.75. The average molecular weight is 239 g/mol. The minimum atomic E-state index is 0.265. The summed E-state index contributed by atoms with van der Waals surface area (Å²) in [4.78, 5) is 18.9. The van der Waals surface area contributed by atoms with Crippen LogP contribution in [0.4, 0.5) is 4.79 Å². The third kappa shape index (κ3) is 2.73. The Kier molecular flexibility index (Phi) is 3.92. The zero-order chi connectivity index (χ0) is 12.4. The van der Waals surface area contributed by atoms with Crippen molar-refractivity contribution in [2.75, 3.05) is 33.2 Å². The van der Waals surface area contributed by atoms with E-state index >= 15 is 0 Å². The molecule has 0 N–H and O–H groups in total. The highest BCUT2D eigenvalue weighted by Crippen LogP contribution is 2.21. The van der Waals surface area contributed by atoms with Crippen molar-refractivity contribution in [3.63, 3.8) is 0 Å². The number of hydrogen-bond donors (Lipinski definition) is 0. The van der Waals surface area contributed by atoms with Crippen molar-refractivity contribution in [2.45, 2.75) is 45.2 Å². The molecule has 2 rings (SSSR count). The van der Waals surface area contributed by atoms with Crippen molar-refractivity contribution in [1.29, 1.82) is 0 Å². The van der Waals surface area contributed by atoms with Gasteiger partial charge in [-0.2, -0.15) is 0 Å². The Balaban J connectivity index is 1.98. The van der Waals surface area contributed by atoms with E-state index in [9.17, 15) is 4.79 Å². The normalized spacial score (nSPS) is 24.8. The summed E-state index contributed by atoms with van der Waals surface area (Å²) in [5.74, 6) is 0. The molecule has 0 aromatic heterocycles. The van der Waals surface area contributed by atoms with Gasteiger partial charge in [0.05, 0.1) is 0 Å². The summed E-state index contributed by atoms with van der Waals surface area (Å²) in [6, 6.07) is 1.07. The number of urea groups is 1. The third-order valence-electron chi connectivity index (χ3n) is 4.04. The van der Waals surface area contributed by atoms with Gasteiger partial charge in [-0.05, 0) is 53.2 Å². The number of piperidine rings is 1. The summed E-state index contributed by atoms with van der Waals surface area (Å²) in [5.41, 5.74) is 0. The van der Waals surface area contributed by atoms with Crippen LogP contribution in [0.2, 0.25) is 0 Å². The third-order valence-corrected chi connectivity index (χ3v) is 4.04. The van der Waals surface area contributed by atoms with Gasteiger partial charge in [-0.25, -0.2) is 4.79 Å². The van der Waals surface area contributed by atoms with E-state index in [1.165, 1.54) is 0 Å². The number of likely N-dealkylation sites (tertiary alicyclic amines) is 1. The fourth-order valence-electron chi connectivity index (χ4n) is 2.89. The van der Waals surface area contributed by atoms with Gasteiger partial charge in [0.25, 0.3) is 0 Å². The molecule has 0 saturated carbocycles. The zero-order valence-corrected chi connectivity index (χ0v) is 11.4. The summed E-state index contributed by atoms with van der Waals surface area (Å²) >= 11 is 0. The second-order valence-electron chi connectivity index (χ2n) is 5.65. The molecule has 2 aliphatic heterocycles. The molecular weight excluding hydrogens is 214 g/mol. The summed E-state index contributed by atoms with van der Waals surface area (Å²) in [7, 11) is 2.16. The van der Waals surface area contributed by atoms with Gasteiger partial charge in [-0.3, -0.25) is 0 Å². The molecule has 17 heavy (non-hydrogen) atoms. The smallest absolute Gasteiger partial charge is 0.320 e. The molecule has 0 aromatic rings. The molecule has 2 amide bonds. The number of hydrogen-bond acceptors (Lipinski definition) is 2. The van der Waals surface area contributed by atoms with E-state index in [1.807, 2.05) is 4.90 Å². The maximum Gasteiger partial charge on any atom is 0.320 e. The van der Waals surface area contributed by atoms with Crippen LogP contribution in [0.5, 0.6) is 0 Å². The number of carbonyl (C=O) groups is 1. The first-order chi connectivity index (χ1) is 8.09. The molecule has 0 atom stereocenters. The predicted molar refractivity (Wildman–Crippen MR) is 69.1 cm³/mol. The topological polar surface area (TPSA) is 26.8 Å². The quantitative estimate of drug-likeness (QED) is 0.732. The molecule has 0 spiro atoms. The van der Waals surface area contributed by atoms with E-state index in [0.29, 0.717) is 12.1 Å². The molecule has 0 bridgehead atoms. The highest BCUT2D eigenvalue weighted by Gasteiger charge is 2.33. The molecule has 2 fully saturated rings. The van der Waals surface area contributed by atoms with E-state index in [-0.39, 0.29) is 6.03 Å². The maximum atomic E-state index is 12.4. The first-order valence-corrected chi connectivity index (χ1v) is 6.85. The lowest BCUT2D eigenvalue weighted by Gasteiger charge is -2.44. The minimum Gasteiger partial charge on any atom is -0.322 e. The molecule has 0 aromatic carbocycles. The Morgan fingerprint density at radius 1 is 1.12 bits per heavy atom. The molecule has 0 aliphatic carbocycles. The summed E-state index contributed by atoms with van der Waals surface area (Å²) < 4.78 is 0. The highest BCUT2D eigenvalue weighted by atomic mass is 16.2. The first kappa shape index (κ1) is 12.7. The second-order valence-corrected chi connectivity index (χ2v) is 5.65. The van der Waals surface area contributed by atoms with Gasteiger partial charge in [0.15, 0.2) is 0 Å². The fourth-order valence-corrected chi connectivity index (χ4v) is 2.89. The Hall–Kier alpha value is -0.770. The molecular formula is C13H25N3O. The van der Waals surface area contributed by atoms with Crippen molar-refractivity contribution in [3.8, 4) is 0 Å². The van der Waals surface area contributed by atoms with Crippen molar-refractivity contribution in [3.05, 3.63) is 0 Å². The zero-order valence-electron chi connectivity index (χ0n) is 11.4. The van der Waals surface area contributed by atoms with E-state index in [1.54, 1.807) is 0 Å². The lowest BCUT2D eigenvalue weighted by molar-refractivity contribution is 0.0745. The van der Waals surface area contributed by atoms with E-state index in [0.717, 1.165) is 45.4 Å². The van der Waals surface area contributed by atoms with Crippen molar-refractivity contribution < 1.29 is 4.79 Å². The molecule has 0 unspecified atom stereocenters. The SMILES string of the molecule is CC(C)N1CCCN(C2CCN(C)CC2)C1=O. The van der Waals surface area contributed by atoms with Gasteiger partial charge in [0, 0.05) is 25.2 Å². The Morgan fingerprint density at radius 3 is 2.35 bits per heavy atom. The molecule has 2 aliphatic rings. The summed E-state index contributed by atoms with van der Waals surface area (Å²) in [6.07, 6.45) is 3.39. The molecule has 0 radical (unpaired) electrons. The van der Waals surface area contributed by atoms with Crippen molar-refractivity contribution in [2.24, 2.45) is 0 Å². The Morgan fingerprint density at radius 2 is 1.76 bits per heavy atom. The average Bonchev–Trinajstić information content (AvgIpc) is 2.30. The van der Waals surface area contributed by atoms with E-state index < -0.39 is 0 Å². The number of amides is 2. The lowest BCUT2D eigenvalue weighted by atomic mass is 10.0. The van der Waals surface area contributed by atoms with Crippen LogP contribution in [0.25, 0.3) is 0 Å². The standard InChI is InChI=1S/C13H25N3O/c1-11(2)15-7-4-8-16(13(15)17)12-5-9-14(3)10-6-12/h11-12H,4-10H2,1-3H3. The van der Waals surface area contributed by atoms with Crippen LogP contribution in [0.15, 0.2) is 0 Å². The molecule has 98 valence electrons. The molecule has 4 nitrogen and oxygen atoms in total. The van der Waals surface area contributed by atoms with Crippen LogP contribution in [0, 0.1) is 0 Å².